The Morgan fingerprint density at radius 2 is 2.19 bits per heavy atom. The van der Waals surface area contributed by atoms with Crippen molar-refractivity contribution in [2.24, 2.45) is 5.73 Å². The molecule has 0 aliphatic carbocycles. The first kappa shape index (κ1) is 10.2. The number of anilines is 1. The number of aryl methyl sites for hydroxylation is 1. The lowest BCUT2D eigenvalue weighted by Gasteiger charge is -2.08. The predicted octanol–water partition coefficient (Wildman–Crippen LogP) is 0.257. The predicted molar refractivity (Wildman–Crippen MR) is 59.0 cm³/mol. The number of carbonyl (C=O) groups excluding carboxylic acids is 1. The van der Waals surface area contributed by atoms with Crippen LogP contribution in [0.4, 0.5) is 5.69 Å². The van der Waals surface area contributed by atoms with E-state index in [2.05, 4.69) is 9.97 Å². The molecule has 0 aliphatic rings. The summed E-state index contributed by atoms with van der Waals surface area (Å²) in [6.07, 6.45) is 3.35. The molecule has 2 heterocycles. The van der Waals surface area contributed by atoms with E-state index in [1.165, 1.54) is 6.07 Å². The fourth-order valence-corrected chi connectivity index (χ4v) is 1.39. The maximum Gasteiger partial charge on any atom is 0.267 e. The molecule has 4 N–H and O–H groups in total. The Balaban J connectivity index is 2.60. The first-order valence-corrected chi connectivity index (χ1v) is 4.66. The third-order valence-corrected chi connectivity index (χ3v) is 2.21. The molecule has 0 saturated heterocycles. The van der Waals surface area contributed by atoms with E-state index >= 15 is 0 Å². The summed E-state index contributed by atoms with van der Waals surface area (Å²) in [5.74, 6) is 0.617. The molecule has 2 rings (SSSR count). The molecule has 6 heteroatoms. The van der Waals surface area contributed by atoms with Gasteiger partial charge in [0.1, 0.15) is 11.5 Å². The van der Waals surface area contributed by atoms with Crippen molar-refractivity contribution >= 4 is 11.6 Å². The van der Waals surface area contributed by atoms with Crippen LogP contribution in [-0.2, 0) is 0 Å². The second-order valence-electron chi connectivity index (χ2n) is 3.32. The van der Waals surface area contributed by atoms with E-state index in [1.807, 2.05) is 6.92 Å². The van der Waals surface area contributed by atoms with Gasteiger partial charge in [-0.25, -0.2) is 9.97 Å². The van der Waals surface area contributed by atoms with Crippen LogP contribution in [-0.4, -0.2) is 20.4 Å². The SMILES string of the molecule is Cc1nccn1-c1nc(C(N)=O)ccc1N. The lowest BCUT2D eigenvalue weighted by molar-refractivity contribution is 0.0995. The Morgan fingerprint density at radius 1 is 1.44 bits per heavy atom. The van der Waals surface area contributed by atoms with Gasteiger partial charge >= 0.3 is 0 Å². The fourth-order valence-electron chi connectivity index (χ4n) is 1.39. The summed E-state index contributed by atoms with van der Waals surface area (Å²) in [6.45, 7) is 1.82. The number of imidazole rings is 1. The van der Waals surface area contributed by atoms with Crippen molar-refractivity contribution in [3.05, 3.63) is 36.0 Å². The Kier molecular flexibility index (Phi) is 2.32. The maximum absolute atomic E-state index is 11.0. The zero-order chi connectivity index (χ0) is 11.7. The molecule has 0 radical (unpaired) electrons. The van der Waals surface area contributed by atoms with Crippen molar-refractivity contribution in [1.29, 1.82) is 0 Å². The van der Waals surface area contributed by atoms with Crippen LogP contribution < -0.4 is 11.5 Å². The van der Waals surface area contributed by atoms with Gasteiger partial charge in [0.2, 0.25) is 0 Å². The van der Waals surface area contributed by atoms with E-state index in [9.17, 15) is 4.79 Å². The molecule has 0 aromatic carbocycles. The van der Waals surface area contributed by atoms with Gasteiger partial charge in [-0.1, -0.05) is 0 Å². The summed E-state index contributed by atoms with van der Waals surface area (Å²) >= 11 is 0. The van der Waals surface area contributed by atoms with E-state index in [0.29, 0.717) is 11.5 Å². The summed E-state index contributed by atoms with van der Waals surface area (Å²) in [5.41, 5.74) is 11.6. The average Bonchev–Trinajstić information content (AvgIpc) is 2.65. The second-order valence-corrected chi connectivity index (χ2v) is 3.32. The molecule has 1 amide bonds. The molecular formula is C10H11N5O. The first-order chi connectivity index (χ1) is 7.59. The third kappa shape index (κ3) is 1.60. The number of amides is 1. The summed E-state index contributed by atoms with van der Waals surface area (Å²) in [4.78, 5) is 19.2. The van der Waals surface area contributed by atoms with E-state index in [0.717, 1.165) is 5.82 Å². The number of primary amides is 1. The Morgan fingerprint density at radius 3 is 2.75 bits per heavy atom. The van der Waals surface area contributed by atoms with E-state index in [1.54, 1.807) is 23.0 Å². The molecule has 6 nitrogen and oxygen atoms in total. The van der Waals surface area contributed by atoms with Crippen molar-refractivity contribution in [3.63, 3.8) is 0 Å². The van der Waals surface area contributed by atoms with E-state index in [-0.39, 0.29) is 5.69 Å². The largest absolute Gasteiger partial charge is 0.396 e. The maximum atomic E-state index is 11.0. The molecule has 0 aliphatic heterocycles. The van der Waals surface area contributed by atoms with E-state index < -0.39 is 5.91 Å². The quantitative estimate of drug-likeness (QED) is 0.753. The highest BCUT2D eigenvalue weighted by Crippen LogP contribution is 2.16. The Labute approximate surface area is 91.9 Å². The van der Waals surface area contributed by atoms with Gasteiger partial charge in [-0.05, 0) is 19.1 Å². The highest BCUT2D eigenvalue weighted by atomic mass is 16.1. The molecule has 0 fully saturated rings. The minimum Gasteiger partial charge on any atom is -0.396 e. The van der Waals surface area contributed by atoms with Gasteiger partial charge in [-0.15, -0.1) is 0 Å². The summed E-state index contributed by atoms with van der Waals surface area (Å²) in [7, 11) is 0. The molecular weight excluding hydrogens is 206 g/mol. The third-order valence-electron chi connectivity index (χ3n) is 2.21. The summed E-state index contributed by atoms with van der Waals surface area (Å²) < 4.78 is 1.70. The van der Waals surface area contributed by atoms with Crippen molar-refractivity contribution < 1.29 is 4.79 Å². The number of hydrogen-bond donors (Lipinski definition) is 2. The molecule has 16 heavy (non-hydrogen) atoms. The Hall–Kier alpha value is -2.37. The smallest absolute Gasteiger partial charge is 0.267 e. The highest BCUT2D eigenvalue weighted by molar-refractivity contribution is 5.91. The van der Waals surface area contributed by atoms with Crippen LogP contribution in [0.3, 0.4) is 0 Å². The number of rotatable bonds is 2. The number of hydrogen-bond acceptors (Lipinski definition) is 4. The number of carbonyl (C=O) groups is 1. The zero-order valence-electron chi connectivity index (χ0n) is 8.71. The Bertz CT molecular complexity index is 546. The minimum atomic E-state index is -0.584. The molecule has 0 unspecified atom stereocenters. The van der Waals surface area contributed by atoms with Crippen LogP contribution in [0.15, 0.2) is 24.5 Å². The van der Waals surface area contributed by atoms with Crippen LogP contribution in [0.2, 0.25) is 0 Å². The van der Waals surface area contributed by atoms with Crippen LogP contribution in [0.5, 0.6) is 0 Å². The fraction of sp³-hybridized carbons (Fsp3) is 0.100. The van der Waals surface area contributed by atoms with Gasteiger partial charge in [0.05, 0.1) is 5.69 Å². The lowest BCUT2D eigenvalue weighted by atomic mass is 10.3. The first-order valence-electron chi connectivity index (χ1n) is 4.66. The molecule has 0 bridgehead atoms. The van der Waals surface area contributed by atoms with Crippen molar-refractivity contribution in [2.45, 2.75) is 6.92 Å². The minimum absolute atomic E-state index is 0.178. The van der Waals surface area contributed by atoms with Crippen molar-refractivity contribution in [1.82, 2.24) is 14.5 Å². The van der Waals surface area contributed by atoms with Crippen molar-refractivity contribution in [3.8, 4) is 5.82 Å². The number of aromatic nitrogens is 3. The highest BCUT2D eigenvalue weighted by Gasteiger charge is 2.10. The molecule has 82 valence electrons. The van der Waals surface area contributed by atoms with Gasteiger partial charge < -0.3 is 11.5 Å². The van der Waals surface area contributed by atoms with Crippen LogP contribution in [0, 0.1) is 6.92 Å². The molecule has 0 spiro atoms. The molecule has 0 atom stereocenters. The van der Waals surface area contributed by atoms with Crippen molar-refractivity contribution in [2.75, 3.05) is 5.73 Å². The normalized spacial score (nSPS) is 10.3. The van der Waals surface area contributed by atoms with Gasteiger partial charge in [-0.2, -0.15) is 0 Å². The molecule has 0 saturated carbocycles. The average molecular weight is 217 g/mol. The topological polar surface area (TPSA) is 99.8 Å². The standard InChI is InChI=1S/C10H11N5O/c1-6-13-4-5-15(6)10-7(11)2-3-8(14-10)9(12)16/h2-5H,11H2,1H3,(H2,12,16). The number of pyridine rings is 1. The molecule has 2 aromatic heterocycles. The second kappa shape index (κ2) is 3.65. The van der Waals surface area contributed by atoms with E-state index in [4.69, 9.17) is 11.5 Å². The van der Waals surface area contributed by atoms with Crippen LogP contribution in [0.1, 0.15) is 16.3 Å². The van der Waals surface area contributed by atoms with Crippen LogP contribution in [0.25, 0.3) is 5.82 Å². The van der Waals surface area contributed by atoms with Gasteiger partial charge in [-0.3, -0.25) is 9.36 Å². The number of nitrogen functional groups attached to an aromatic ring is 1. The van der Waals surface area contributed by atoms with Gasteiger partial charge in [0, 0.05) is 12.4 Å². The van der Waals surface area contributed by atoms with Crippen LogP contribution >= 0.6 is 0 Å². The monoisotopic (exact) mass is 217 g/mol. The zero-order valence-corrected chi connectivity index (χ0v) is 8.71. The summed E-state index contributed by atoms with van der Waals surface area (Å²) in [6, 6.07) is 3.09. The summed E-state index contributed by atoms with van der Waals surface area (Å²) in [5, 5.41) is 0. The number of nitrogens with zero attached hydrogens (tertiary/aromatic N) is 3. The van der Waals surface area contributed by atoms with Gasteiger partial charge in [0.25, 0.3) is 5.91 Å². The number of nitrogens with two attached hydrogens (primary N) is 2. The molecule has 2 aromatic rings. The lowest BCUT2D eigenvalue weighted by Crippen LogP contribution is -2.15. The van der Waals surface area contributed by atoms with Gasteiger partial charge in [0.15, 0.2) is 5.82 Å².